The maximum Gasteiger partial charge on any atom is 0.370 e. The van der Waals surface area contributed by atoms with Crippen LogP contribution in [-0.2, 0) is 9.63 Å². The Labute approximate surface area is 129 Å². The first kappa shape index (κ1) is 14.6. The molecule has 0 saturated carbocycles. The van der Waals surface area contributed by atoms with Crippen LogP contribution in [0.15, 0.2) is 42.6 Å². The Morgan fingerprint density at radius 3 is 2.30 bits per heavy atom. The average molecular weight is 316 g/mol. The Morgan fingerprint density at radius 2 is 1.74 bits per heavy atom. The summed E-state index contributed by atoms with van der Waals surface area (Å²) in [7, 11) is 0. The number of rotatable bonds is 4. The number of carbonyl (C=O) groups is 3. The molecule has 2 aromatic rings. The lowest BCUT2D eigenvalue weighted by Crippen LogP contribution is -2.34. The molecular formula is C15H9FN2O5. The van der Waals surface area contributed by atoms with Gasteiger partial charge in [-0.1, -0.05) is 17.2 Å². The number of fused-ring (bicyclic) bond motifs is 1. The smallest absolute Gasteiger partial charge is 0.370 e. The molecule has 0 saturated heterocycles. The molecule has 0 aliphatic carbocycles. The first-order valence-electron chi connectivity index (χ1n) is 6.49. The highest BCUT2D eigenvalue weighted by Crippen LogP contribution is 2.22. The molecule has 23 heavy (non-hydrogen) atoms. The number of hydrogen-bond acceptors (Lipinski definition) is 6. The van der Waals surface area contributed by atoms with E-state index in [1.807, 2.05) is 0 Å². The summed E-state index contributed by atoms with van der Waals surface area (Å²) in [6.07, 6.45) is 0.921. The largest absolute Gasteiger partial charge is 0.466 e. The Balaban J connectivity index is 1.62. The number of amides is 2. The highest BCUT2D eigenvalue weighted by molar-refractivity contribution is 6.20. The molecule has 2 heterocycles. The summed E-state index contributed by atoms with van der Waals surface area (Å²) in [5.74, 6) is -2.96. The molecule has 0 unspecified atom stereocenters. The van der Waals surface area contributed by atoms with E-state index in [0.717, 1.165) is 12.3 Å². The zero-order chi connectivity index (χ0) is 16.4. The summed E-state index contributed by atoms with van der Waals surface area (Å²) in [4.78, 5) is 44.0. The summed E-state index contributed by atoms with van der Waals surface area (Å²) in [6.45, 7) is -0.591. The minimum absolute atomic E-state index is 0.00529. The van der Waals surface area contributed by atoms with Crippen molar-refractivity contribution < 1.29 is 28.3 Å². The maximum atomic E-state index is 12.7. The van der Waals surface area contributed by atoms with Gasteiger partial charge in [0.2, 0.25) is 5.88 Å². The molecule has 0 bridgehead atoms. The van der Waals surface area contributed by atoms with Gasteiger partial charge in [0.25, 0.3) is 11.8 Å². The van der Waals surface area contributed by atoms with Crippen molar-refractivity contribution in [3.63, 3.8) is 0 Å². The molecule has 0 atom stereocenters. The lowest BCUT2D eigenvalue weighted by Gasteiger charge is -2.12. The lowest BCUT2D eigenvalue weighted by molar-refractivity contribution is -0.170. The number of hydroxylamine groups is 2. The second-order valence-corrected chi connectivity index (χ2v) is 4.52. The Morgan fingerprint density at radius 1 is 1.09 bits per heavy atom. The van der Waals surface area contributed by atoms with Gasteiger partial charge in [-0.15, -0.1) is 0 Å². The van der Waals surface area contributed by atoms with Crippen molar-refractivity contribution in [2.45, 2.75) is 0 Å². The summed E-state index contributed by atoms with van der Waals surface area (Å²) in [6, 6.07) is 8.45. The van der Waals surface area contributed by atoms with E-state index in [1.165, 1.54) is 18.2 Å². The van der Waals surface area contributed by atoms with Gasteiger partial charge in [0.1, 0.15) is 5.82 Å². The topological polar surface area (TPSA) is 85.8 Å². The SMILES string of the molecule is O=C(COc1ccc(F)cn1)ON1C(=O)c2ccccc2C1=O. The average Bonchev–Trinajstić information content (AvgIpc) is 2.80. The number of nitrogens with zero attached hydrogens (tertiary/aromatic N) is 2. The van der Waals surface area contributed by atoms with Gasteiger partial charge in [-0.05, 0) is 18.2 Å². The quantitative estimate of drug-likeness (QED) is 0.792. The van der Waals surface area contributed by atoms with Crippen molar-refractivity contribution in [1.29, 1.82) is 0 Å². The fourth-order valence-corrected chi connectivity index (χ4v) is 1.96. The number of aromatic nitrogens is 1. The van der Waals surface area contributed by atoms with Gasteiger partial charge in [-0.2, -0.15) is 0 Å². The molecule has 0 fully saturated rings. The summed E-state index contributed by atoms with van der Waals surface area (Å²) >= 11 is 0. The molecule has 0 radical (unpaired) electrons. The van der Waals surface area contributed by atoms with Crippen molar-refractivity contribution in [3.05, 3.63) is 59.5 Å². The molecule has 1 aromatic heterocycles. The van der Waals surface area contributed by atoms with E-state index in [9.17, 15) is 18.8 Å². The van der Waals surface area contributed by atoms with Gasteiger partial charge in [-0.25, -0.2) is 14.2 Å². The van der Waals surface area contributed by atoms with Crippen LogP contribution in [-0.4, -0.2) is 34.4 Å². The van der Waals surface area contributed by atoms with E-state index < -0.39 is 30.2 Å². The molecular weight excluding hydrogens is 307 g/mol. The van der Waals surface area contributed by atoms with Gasteiger partial charge >= 0.3 is 5.97 Å². The van der Waals surface area contributed by atoms with E-state index in [-0.39, 0.29) is 17.0 Å². The third-order valence-corrected chi connectivity index (χ3v) is 2.99. The van der Waals surface area contributed by atoms with Crippen LogP contribution in [0.1, 0.15) is 20.7 Å². The minimum atomic E-state index is -0.967. The Hall–Kier alpha value is -3.29. The van der Waals surface area contributed by atoms with Crippen molar-refractivity contribution in [2.75, 3.05) is 6.61 Å². The number of ether oxygens (including phenoxy) is 1. The number of hydrogen-bond donors (Lipinski definition) is 0. The van der Waals surface area contributed by atoms with Crippen LogP contribution in [0.5, 0.6) is 5.88 Å². The van der Waals surface area contributed by atoms with Crippen LogP contribution in [0, 0.1) is 5.82 Å². The van der Waals surface area contributed by atoms with Crippen molar-refractivity contribution in [1.82, 2.24) is 10.0 Å². The van der Waals surface area contributed by atoms with Gasteiger partial charge in [-0.3, -0.25) is 9.59 Å². The first-order chi connectivity index (χ1) is 11.1. The first-order valence-corrected chi connectivity index (χ1v) is 6.49. The van der Waals surface area contributed by atoms with Crippen LogP contribution in [0.2, 0.25) is 0 Å². The summed E-state index contributed by atoms with van der Waals surface area (Å²) < 4.78 is 17.7. The second kappa shape index (κ2) is 5.84. The molecule has 7 nitrogen and oxygen atoms in total. The summed E-state index contributed by atoms with van der Waals surface area (Å²) in [5, 5.41) is 0.383. The predicted octanol–water partition coefficient (Wildman–Crippen LogP) is 1.35. The van der Waals surface area contributed by atoms with E-state index in [4.69, 9.17) is 9.57 Å². The van der Waals surface area contributed by atoms with Gasteiger partial charge < -0.3 is 9.57 Å². The number of imide groups is 1. The van der Waals surface area contributed by atoms with Gasteiger partial charge in [0, 0.05) is 6.07 Å². The van der Waals surface area contributed by atoms with E-state index in [2.05, 4.69) is 4.98 Å². The van der Waals surface area contributed by atoms with Crippen LogP contribution in [0.25, 0.3) is 0 Å². The van der Waals surface area contributed by atoms with Crippen molar-refractivity contribution >= 4 is 17.8 Å². The molecule has 2 amide bonds. The van der Waals surface area contributed by atoms with Gasteiger partial charge in [0.05, 0.1) is 17.3 Å². The van der Waals surface area contributed by atoms with Crippen LogP contribution < -0.4 is 4.74 Å². The minimum Gasteiger partial charge on any atom is -0.466 e. The predicted molar refractivity (Wildman–Crippen MR) is 72.7 cm³/mol. The third-order valence-electron chi connectivity index (χ3n) is 2.99. The fraction of sp³-hybridized carbons (Fsp3) is 0.0667. The van der Waals surface area contributed by atoms with Crippen molar-refractivity contribution in [2.24, 2.45) is 0 Å². The van der Waals surface area contributed by atoms with Crippen LogP contribution >= 0.6 is 0 Å². The normalized spacial score (nSPS) is 13.0. The maximum absolute atomic E-state index is 12.7. The monoisotopic (exact) mass is 316 g/mol. The third kappa shape index (κ3) is 2.86. The highest BCUT2D eigenvalue weighted by Gasteiger charge is 2.38. The Kier molecular flexibility index (Phi) is 3.71. The molecule has 8 heteroatoms. The number of halogens is 1. The summed E-state index contributed by atoms with van der Waals surface area (Å²) in [5.41, 5.74) is 0.317. The van der Waals surface area contributed by atoms with Crippen molar-refractivity contribution in [3.8, 4) is 5.88 Å². The number of carbonyl (C=O) groups excluding carboxylic acids is 3. The fourth-order valence-electron chi connectivity index (χ4n) is 1.96. The molecule has 3 rings (SSSR count). The lowest BCUT2D eigenvalue weighted by atomic mass is 10.1. The highest BCUT2D eigenvalue weighted by atomic mass is 19.1. The zero-order valence-electron chi connectivity index (χ0n) is 11.6. The second-order valence-electron chi connectivity index (χ2n) is 4.52. The van der Waals surface area contributed by atoms with Crippen LogP contribution in [0.4, 0.5) is 4.39 Å². The van der Waals surface area contributed by atoms with Gasteiger partial charge in [0.15, 0.2) is 6.61 Å². The molecule has 0 N–H and O–H groups in total. The molecule has 116 valence electrons. The van der Waals surface area contributed by atoms with E-state index in [1.54, 1.807) is 12.1 Å². The number of benzene rings is 1. The standard InChI is InChI=1S/C15H9FN2O5/c16-9-5-6-12(17-7-9)22-8-13(19)23-18-14(20)10-3-1-2-4-11(10)15(18)21/h1-7H,8H2. The molecule has 0 spiro atoms. The number of pyridine rings is 1. The zero-order valence-corrected chi connectivity index (χ0v) is 11.6. The van der Waals surface area contributed by atoms with Crippen LogP contribution in [0.3, 0.4) is 0 Å². The van der Waals surface area contributed by atoms with E-state index >= 15 is 0 Å². The molecule has 1 aliphatic heterocycles. The molecule has 1 aromatic carbocycles. The Bertz CT molecular complexity index is 756. The molecule has 1 aliphatic rings. The van der Waals surface area contributed by atoms with E-state index in [0.29, 0.717) is 5.06 Å².